The Kier molecular flexibility index (Phi) is 5.05. The molecule has 0 heterocycles. The van der Waals surface area contributed by atoms with Gasteiger partial charge in [-0.15, -0.1) is 0 Å². The van der Waals surface area contributed by atoms with Crippen LogP contribution in [0.4, 0.5) is 20.2 Å². The number of rotatable bonds is 4. The fourth-order valence-corrected chi connectivity index (χ4v) is 1.94. The molecule has 2 aromatic rings. The lowest BCUT2D eigenvalue weighted by Gasteiger charge is -2.14. The summed E-state index contributed by atoms with van der Waals surface area (Å²) in [6, 6.07) is 10.5. The zero-order chi connectivity index (χ0) is 15.2. The van der Waals surface area contributed by atoms with Crippen LogP contribution in [0.15, 0.2) is 42.5 Å². The lowest BCUT2D eigenvalue weighted by atomic mass is 10.3. The summed E-state index contributed by atoms with van der Waals surface area (Å²) in [4.78, 5) is 0. The molecule has 2 aromatic carbocycles. The summed E-state index contributed by atoms with van der Waals surface area (Å²) in [7, 11) is 0. The molecule has 0 fully saturated rings. The first-order valence-corrected chi connectivity index (χ1v) is 6.76. The Hall–Kier alpha value is -2.21. The summed E-state index contributed by atoms with van der Waals surface area (Å²) in [6.45, 7) is 2.40. The minimum Gasteiger partial charge on any atom is -0.492 e. The van der Waals surface area contributed by atoms with E-state index in [0.717, 1.165) is 12.1 Å². The summed E-state index contributed by atoms with van der Waals surface area (Å²) in [5, 5.41) is 5.79. The van der Waals surface area contributed by atoms with Crippen molar-refractivity contribution in [3.63, 3.8) is 0 Å². The number of para-hydroxylation sites is 2. The fourth-order valence-electron chi connectivity index (χ4n) is 1.72. The van der Waals surface area contributed by atoms with Crippen LogP contribution in [0.5, 0.6) is 5.75 Å². The quantitative estimate of drug-likeness (QED) is 0.831. The maximum absolute atomic E-state index is 13.5. The van der Waals surface area contributed by atoms with Crippen molar-refractivity contribution in [2.75, 3.05) is 17.2 Å². The molecule has 0 amide bonds. The number of anilines is 2. The molecule has 0 atom stereocenters. The average Bonchev–Trinajstić information content (AvgIpc) is 2.44. The molecule has 6 heteroatoms. The molecule has 0 aliphatic carbocycles. The highest BCUT2D eigenvalue weighted by Gasteiger charge is 2.08. The SMILES string of the molecule is CCOc1ccccc1NC(=S)Nc1ccc(F)cc1F. The minimum absolute atomic E-state index is 0.0998. The molecule has 0 saturated heterocycles. The molecular weight excluding hydrogens is 294 g/mol. The number of ether oxygens (including phenoxy) is 1. The topological polar surface area (TPSA) is 33.3 Å². The molecule has 2 N–H and O–H groups in total. The first-order chi connectivity index (χ1) is 10.1. The van der Waals surface area contributed by atoms with E-state index in [9.17, 15) is 8.78 Å². The molecular formula is C15H14F2N2OS. The van der Waals surface area contributed by atoms with Crippen LogP contribution in [0.3, 0.4) is 0 Å². The molecule has 0 aliphatic heterocycles. The summed E-state index contributed by atoms with van der Waals surface area (Å²) >= 11 is 5.12. The number of benzene rings is 2. The highest BCUT2D eigenvalue weighted by molar-refractivity contribution is 7.80. The lowest BCUT2D eigenvalue weighted by Crippen LogP contribution is -2.20. The Bertz CT molecular complexity index is 649. The Morgan fingerprint density at radius 1 is 1.10 bits per heavy atom. The second kappa shape index (κ2) is 6.99. The van der Waals surface area contributed by atoms with Crippen molar-refractivity contribution in [3.05, 3.63) is 54.1 Å². The van der Waals surface area contributed by atoms with Crippen LogP contribution in [0.1, 0.15) is 6.92 Å². The Morgan fingerprint density at radius 2 is 1.81 bits per heavy atom. The standard InChI is InChI=1S/C15H14F2N2OS/c1-2-20-14-6-4-3-5-13(14)19-15(21)18-12-8-7-10(16)9-11(12)17/h3-9H,2H2,1H3,(H2,18,19,21). The second-order valence-corrected chi connectivity index (χ2v) is 4.54. The van der Waals surface area contributed by atoms with Gasteiger partial charge < -0.3 is 15.4 Å². The van der Waals surface area contributed by atoms with Gasteiger partial charge in [-0.1, -0.05) is 12.1 Å². The summed E-state index contributed by atoms with van der Waals surface area (Å²) < 4.78 is 31.8. The third kappa shape index (κ3) is 4.13. The maximum Gasteiger partial charge on any atom is 0.175 e. The monoisotopic (exact) mass is 308 g/mol. The predicted molar refractivity (Wildman–Crippen MR) is 83.8 cm³/mol. The molecule has 0 unspecified atom stereocenters. The van der Waals surface area contributed by atoms with Crippen LogP contribution in [-0.2, 0) is 0 Å². The van der Waals surface area contributed by atoms with E-state index in [4.69, 9.17) is 17.0 Å². The number of halogens is 2. The largest absolute Gasteiger partial charge is 0.492 e. The van der Waals surface area contributed by atoms with E-state index in [1.807, 2.05) is 19.1 Å². The van der Waals surface area contributed by atoms with Crippen LogP contribution in [0, 0.1) is 11.6 Å². The average molecular weight is 308 g/mol. The predicted octanol–water partition coefficient (Wildman–Crippen LogP) is 4.17. The molecule has 0 aromatic heterocycles. The molecule has 2 rings (SSSR count). The number of hydrogen-bond donors (Lipinski definition) is 2. The van der Waals surface area contributed by atoms with Crippen LogP contribution in [0.2, 0.25) is 0 Å². The van der Waals surface area contributed by atoms with E-state index >= 15 is 0 Å². The van der Waals surface area contributed by atoms with Gasteiger partial charge in [-0.05, 0) is 43.4 Å². The van der Waals surface area contributed by atoms with E-state index in [-0.39, 0.29) is 10.8 Å². The Balaban J connectivity index is 2.08. The highest BCUT2D eigenvalue weighted by Crippen LogP contribution is 2.24. The Morgan fingerprint density at radius 3 is 2.52 bits per heavy atom. The van der Waals surface area contributed by atoms with Crippen LogP contribution >= 0.6 is 12.2 Å². The highest BCUT2D eigenvalue weighted by atomic mass is 32.1. The van der Waals surface area contributed by atoms with E-state index in [1.165, 1.54) is 6.07 Å². The fraction of sp³-hybridized carbons (Fsp3) is 0.133. The van der Waals surface area contributed by atoms with Gasteiger partial charge in [-0.25, -0.2) is 8.78 Å². The molecule has 0 bridgehead atoms. The molecule has 110 valence electrons. The number of nitrogens with one attached hydrogen (secondary N) is 2. The van der Waals surface area contributed by atoms with Gasteiger partial charge in [0.1, 0.15) is 17.4 Å². The second-order valence-electron chi connectivity index (χ2n) is 4.13. The summed E-state index contributed by atoms with van der Waals surface area (Å²) in [6.07, 6.45) is 0. The first kappa shape index (κ1) is 15.2. The summed E-state index contributed by atoms with van der Waals surface area (Å²) in [5.74, 6) is -0.709. The van der Waals surface area contributed by atoms with E-state index < -0.39 is 11.6 Å². The first-order valence-electron chi connectivity index (χ1n) is 6.35. The van der Waals surface area contributed by atoms with Crippen LogP contribution in [0.25, 0.3) is 0 Å². The smallest absolute Gasteiger partial charge is 0.175 e. The van der Waals surface area contributed by atoms with Crippen molar-refractivity contribution in [2.24, 2.45) is 0 Å². The van der Waals surface area contributed by atoms with Crippen LogP contribution in [-0.4, -0.2) is 11.7 Å². The van der Waals surface area contributed by atoms with Crippen LogP contribution < -0.4 is 15.4 Å². The van der Waals surface area contributed by atoms with E-state index in [0.29, 0.717) is 18.0 Å². The Labute approximate surface area is 126 Å². The maximum atomic E-state index is 13.5. The normalized spacial score (nSPS) is 10.0. The minimum atomic E-state index is -0.711. The molecule has 0 spiro atoms. The molecule has 0 saturated carbocycles. The summed E-state index contributed by atoms with van der Waals surface area (Å²) in [5.41, 5.74) is 0.766. The van der Waals surface area contributed by atoms with Gasteiger partial charge in [0.05, 0.1) is 18.0 Å². The third-order valence-electron chi connectivity index (χ3n) is 2.61. The molecule has 3 nitrogen and oxygen atoms in total. The lowest BCUT2D eigenvalue weighted by molar-refractivity contribution is 0.342. The third-order valence-corrected chi connectivity index (χ3v) is 2.82. The molecule has 0 aliphatic rings. The van der Waals surface area contributed by atoms with E-state index in [1.54, 1.807) is 12.1 Å². The zero-order valence-electron chi connectivity index (χ0n) is 11.3. The van der Waals surface area contributed by atoms with Gasteiger partial charge in [0, 0.05) is 6.07 Å². The van der Waals surface area contributed by atoms with Gasteiger partial charge in [0.15, 0.2) is 5.11 Å². The van der Waals surface area contributed by atoms with Gasteiger partial charge in [-0.3, -0.25) is 0 Å². The van der Waals surface area contributed by atoms with Crippen molar-refractivity contribution >= 4 is 28.7 Å². The van der Waals surface area contributed by atoms with Crippen molar-refractivity contribution in [2.45, 2.75) is 6.92 Å². The van der Waals surface area contributed by atoms with Crippen molar-refractivity contribution < 1.29 is 13.5 Å². The zero-order valence-corrected chi connectivity index (χ0v) is 12.1. The van der Waals surface area contributed by atoms with Gasteiger partial charge in [-0.2, -0.15) is 0 Å². The van der Waals surface area contributed by atoms with Gasteiger partial charge >= 0.3 is 0 Å². The van der Waals surface area contributed by atoms with Gasteiger partial charge in [0.25, 0.3) is 0 Å². The number of thiocarbonyl (C=S) groups is 1. The van der Waals surface area contributed by atoms with E-state index in [2.05, 4.69) is 10.6 Å². The van der Waals surface area contributed by atoms with Crippen molar-refractivity contribution in [1.82, 2.24) is 0 Å². The molecule has 0 radical (unpaired) electrons. The number of hydrogen-bond acceptors (Lipinski definition) is 2. The molecule has 21 heavy (non-hydrogen) atoms. The van der Waals surface area contributed by atoms with Crippen molar-refractivity contribution in [3.8, 4) is 5.75 Å². The van der Waals surface area contributed by atoms with Gasteiger partial charge in [0.2, 0.25) is 0 Å². The van der Waals surface area contributed by atoms with Crippen molar-refractivity contribution in [1.29, 1.82) is 0 Å².